The van der Waals surface area contributed by atoms with Gasteiger partial charge in [0.05, 0.1) is 35.5 Å². The summed E-state index contributed by atoms with van der Waals surface area (Å²) in [6.45, 7) is 1.71. The minimum atomic E-state index is -1.01. The number of amides is 5. The summed E-state index contributed by atoms with van der Waals surface area (Å²) in [7, 11) is 1.91. The van der Waals surface area contributed by atoms with Gasteiger partial charge in [-0.1, -0.05) is 6.07 Å². The third-order valence-electron chi connectivity index (χ3n) is 9.12. The summed E-state index contributed by atoms with van der Waals surface area (Å²) < 4.78 is 3.78. The van der Waals surface area contributed by atoms with Gasteiger partial charge in [0.1, 0.15) is 6.04 Å². The standard InChI is InChI=1S/C31H34N8O5/c1-36-21(13-24(35-36)19-5-6-19)14-27(41)37-11-9-20(10-12-37)38-17-18(16-33-38)15-32-23-4-2-3-22-28(23)31(44)39(30(22)43)25-7-8-26(40)34-29(25)42/h2-4,13,16-17,19-20,25,32H,5-12,14-15H2,1H3,(H,34,40,42). The van der Waals surface area contributed by atoms with Crippen molar-refractivity contribution in [1.82, 2.24) is 34.7 Å². The zero-order valence-corrected chi connectivity index (χ0v) is 24.5. The number of nitrogens with one attached hydrogen (secondary N) is 2. The molecule has 7 rings (SSSR count). The summed E-state index contributed by atoms with van der Waals surface area (Å²) in [6.07, 6.45) is 8.26. The monoisotopic (exact) mass is 598 g/mol. The Kier molecular flexibility index (Phi) is 7.02. The van der Waals surface area contributed by atoms with E-state index in [9.17, 15) is 24.0 Å². The van der Waals surface area contributed by atoms with Crippen molar-refractivity contribution in [2.45, 2.75) is 69.5 Å². The van der Waals surface area contributed by atoms with Crippen molar-refractivity contribution < 1.29 is 24.0 Å². The molecule has 13 nitrogen and oxygen atoms in total. The third kappa shape index (κ3) is 5.16. The molecule has 1 aliphatic carbocycles. The van der Waals surface area contributed by atoms with Crippen molar-refractivity contribution in [2.75, 3.05) is 18.4 Å². The fourth-order valence-corrected chi connectivity index (χ4v) is 6.45. The van der Waals surface area contributed by atoms with Crippen molar-refractivity contribution in [2.24, 2.45) is 7.05 Å². The fraction of sp³-hybridized carbons (Fsp3) is 0.452. The number of hydrogen-bond donors (Lipinski definition) is 2. The van der Waals surface area contributed by atoms with Crippen molar-refractivity contribution in [1.29, 1.82) is 0 Å². The summed E-state index contributed by atoms with van der Waals surface area (Å²) in [5.74, 6) is -1.45. The lowest BCUT2D eigenvalue weighted by Gasteiger charge is -2.32. The second-order valence-electron chi connectivity index (χ2n) is 12.1. The third-order valence-corrected chi connectivity index (χ3v) is 9.12. The molecule has 3 aliphatic heterocycles. The smallest absolute Gasteiger partial charge is 0.264 e. The maximum Gasteiger partial charge on any atom is 0.264 e. The fourth-order valence-electron chi connectivity index (χ4n) is 6.45. The first-order valence-electron chi connectivity index (χ1n) is 15.2. The molecule has 44 heavy (non-hydrogen) atoms. The summed E-state index contributed by atoms with van der Waals surface area (Å²) in [5.41, 5.74) is 3.91. The van der Waals surface area contributed by atoms with Crippen LogP contribution in [0.5, 0.6) is 0 Å². The molecule has 0 bridgehead atoms. The van der Waals surface area contributed by atoms with Gasteiger partial charge in [0, 0.05) is 62.2 Å². The van der Waals surface area contributed by atoms with Gasteiger partial charge in [0.2, 0.25) is 17.7 Å². The van der Waals surface area contributed by atoms with Crippen LogP contribution in [0, 0.1) is 0 Å². The van der Waals surface area contributed by atoms with Crippen LogP contribution in [-0.2, 0) is 34.4 Å². The van der Waals surface area contributed by atoms with E-state index in [4.69, 9.17) is 0 Å². The summed E-state index contributed by atoms with van der Waals surface area (Å²) >= 11 is 0. The number of carbonyl (C=O) groups is 5. The van der Waals surface area contributed by atoms with Gasteiger partial charge in [0.25, 0.3) is 11.8 Å². The zero-order valence-electron chi connectivity index (χ0n) is 24.5. The van der Waals surface area contributed by atoms with Crippen LogP contribution in [0.4, 0.5) is 5.69 Å². The molecule has 2 saturated heterocycles. The molecule has 3 aromatic rings. The largest absolute Gasteiger partial charge is 0.380 e. The van der Waals surface area contributed by atoms with Crippen LogP contribution in [0.25, 0.3) is 0 Å². The molecule has 228 valence electrons. The van der Waals surface area contributed by atoms with E-state index < -0.39 is 29.7 Å². The highest BCUT2D eigenvalue weighted by Gasteiger charge is 2.45. The highest BCUT2D eigenvalue weighted by molar-refractivity contribution is 6.25. The average Bonchev–Trinajstić information content (AvgIpc) is 3.57. The first-order chi connectivity index (χ1) is 21.3. The lowest BCUT2D eigenvalue weighted by molar-refractivity contribution is -0.136. The van der Waals surface area contributed by atoms with Crippen molar-refractivity contribution in [3.63, 3.8) is 0 Å². The Morgan fingerprint density at radius 3 is 2.59 bits per heavy atom. The van der Waals surface area contributed by atoms with Crippen LogP contribution in [0.1, 0.15) is 88.2 Å². The molecular formula is C31H34N8O5. The van der Waals surface area contributed by atoms with Crippen LogP contribution in [0.15, 0.2) is 36.7 Å². The highest BCUT2D eigenvalue weighted by Crippen LogP contribution is 2.39. The number of piperidine rings is 2. The van der Waals surface area contributed by atoms with E-state index in [0.717, 1.165) is 34.7 Å². The normalized spacial score (nSPS) is 20.7. The number of rotatable bonds is 8. The molecule has 1 aromatic carbocycles. The van der Waals surface area contributed by atoms with E-state index in [2.05, 4.69) is 26.9 Å². The van der Waals surface area contributed by atoms with Gasteiger partial charge in [-0.15, -0.1) is 0 Å². The molecule has 13 heteroatoms. The number of likely N-dealkylation sites (tertiary alicyclic amines) is 1. The number of benzene rings is 1. The molecule has 2 N–H and O–H groups in total. The minimum Gasteiger partial charge on any atom is -0.380 e. The molecule has 0 radical (unpaired) electrons. The molecule has 3 fully saturated rings. The van der Waals surface area contributed by atoms with Gasteiger partial charge < -0.3 is 10.2 Å². The quantitative estimate of drug-likeness (QED) is 0.373. The first kappa shape index (κ1) is 28.0. The number of carbonyl (C=O) groups excluding carboxylic acids is 5. The maximum atomic E-state index is 13.4. The van der Waals surface area contributed by atoms with E-state index in [1.54, 1.807) is 24.4 Å². The van der Waals surface area contributed by atoms with Crippen molar-refractivity contribution >= 4 is 35.2 Å². The van der Waals surface area contributed by atoms with E-state index in [-0.39, 0.29) is 35.9 Å². The second kappa shape index (κ2) is 11.0. The topological polar surface area (TPSA) is 152 Å². The van der Waals surface area contributed by atoms with Gasteiger partial charge in [-0.05, 0) is 50.3 Å². The van der Waals surface area contributed by atoms with Gasteiger partial charge in [-0.2, -0.15) is 10.2 Å². The lowest BCUT2D eigenvalue weighted by Crippen LogP contribution is -2.54. The Morgan fingerprint density at radius 2 is 1.84 bits per heavy atom. The van der Waals surface area contributed by atoms with Gasteiger partial charge in [-0.3, -0.25) is 43.6 Å². The van der Waals surface area contributed by atoms with Crippen LogP contribution in [-0.4, -0.2) is 78.0 Å². The van der Waals surface area contributed by atoms with Gasteiger partial charge >= 0.3 is 0 Å². The Labute approximate surface area is 253 Å². The molecular weight excluding hydrogens is 564 g/mol. The molecule has 0 spiro atoms. The number of fused-ring (bicyclic) bond motifs is 1. The molecule has 1 atom stereocenters. The number of aromatic nitrogens is 4. The second-order valence-corrected chi connectivity index (χ2v) is 12.1. The molecule has 5 heterocycles. The average molecular weight is 599 g/mol. The van der Waals surface area contributed by atoms with Crippen LogP contribution < -0.4 is 10.6 Å². The molecule has 2 aromatic heterocycles. The Hall–Kier alpha value is -4.81. The van der Waals surface area contributed by atoms with Gasteiger partial charge in [0.15, 0.2) is 0 Å². The lowest BCUT2D eigenvalue weighted by atomic mass is 10.0. The summed E-state index contributed by atoms with van der Waals surface area (Å²) in [5, 5.41) is 14.6. The Bertz CT molecular complexity index is 1680. The highest BCUT2D eigenvalue weighted by atomic mass is 16.2. The zero-order chi connectivity index (χ0) is 30.5. The number of aryl methyl sites for hydroxylation is 1. The number of hydrogen-bond acceptors (Lipinski definition) is 8. The first-order valence-corrected chi connectivity index (χ1v) is 15.2. The predicted molar refractivity (Wildman–Crippen MR) is 156 cm³/mol. The Balaban J connectivity index is 0.950. The maximum absolute atomic E-state index is 13.4. The predicted octanol–water partition coefficient (Wildman–Crippen LogP) is 1.91. The number of imide groups is 2. The molecule has 1 unspecified atom stereocenters. The minimum absolute atomic E-state index is 0.0701. The number of anilines is 1. The van der Waals surface area contributed by atoms with E-state index in [1.165, 1.54) is 12.8 Å². The van der Waals surface area contributed by atoms with Crippen molar-refractivity contribution in [3.8, 4) is 0 Å². The van der Waals surface area contributed by atoms with Gasteiger partial charge in [-0.25, -0.2) is 0 Å². The summed E-state index contributed by atoms with van der Waals surface area (Å²) in [4.78, 5) is 66.3. The Morgan fingerprint density at radius 1 is 1.05 bits per heavy atom. The van der Waals surface area contributed by atoms with E-state index >= 15 is 0 Å². The number of nitrogens with zero attached hydrogens (tertiary/aromatic N) is 6. The molecule has 5 amide bonds. The van der Waals surface area contributed by atoms with E-state index in [0.29, 0.717) is 37.7 Å². The van der Waals surface area contributed by atoms with Crippen molar-refractivity contribution in [3.05, 3.63) is 64.7 Å². The van der Waals surface area contributed by atoms with Crippen LogP contribution >= 0.6 is 0 Å². The SMILES string of the molecule is Cn1nc(C2CC2)cc1CC(=O)N1CCC(n2cc(CNc3cccc4c3C(=O)N(C3CCC(=O)NC3=O)C4=O)cn2)CC1. The molecule has 4 aliphatic rings. The van der Waals surface area contributed by atoms with Crippen LogP contribution in [0.3, 0.4) is 0 Å². The van der Waals surface area contributed by atoms with E-state index in [1.807, 2.05) is 27.5 Å². The van der Waals surface area contributed by atoms with Crippen LogP contribution in [0.2, 0.25) is 0 Å². The molecule has 1 saturated carbocycles. The summed E-state index contributed by atoms with van der Waals surface area (Å²) in [6, 6.07) is 6.24.